The van der Waals surface area contributed by atoms with Gasteiger partial charge in [0.05, 0.1) is 6.04 Å². The van der Waals surface area contributed by atoms with Crippen LogP contribution in [0.4, 0.5) is 0 Å². The molecule has 0 radical (unpaired) electrons. The molecule has 1 fully saturated rings. The third kappa shape index (κ3) is 3.13. The SMILES string of the molecule is O=C(NCc1cc(=O)[nH]c2ccccc12)C1CCCCN1. The number of benzene rings is 1. The number of piperidine rings is 1. The quantitative estimate of drug-likeness (QED) is 0.795. The van der Waals surface area contributed by atoms with Gasteiger partial charge in [0, 0.05) is 23.5 Å². The molecule has 0 saturated carbocycles. The molecule has 1 saturated heterocycles. The second kappa shape index (κ2) is 6.10. The number of fused-ring (bicyclic) bond motifs is 1. The van der Waals surface area contributed by atoms with E-state index in [-0.39, 0.29) is 17.5 Å². The molecule has 21 heavy (non-hydrogen) atoms. The summed E-state index contributed by atoms with van der Waals surface area (Å²) in [6.07, 6.45) is 3.09. The Morgan fingerprint density at radius 3 is 2.95 bits per heavy atom. The maximum atomic E-state index is 12.1. The van der Waals surface area contributed by atoms with Gasteiger partial charge in [0.1, 0.15) is 0 Å². The number of hydrogen-bond donors (Lipinski definition) is 3. The molecule has 110 valence electrons. The third-order valence-electron chi connectivity index (χ3n) is 3.92. The van der Waals surface area contributed by atoms with Gasteiger partial charge in [-0.2, -0.15) is 0 Å². The Morgan fingerprint density at radius 2 is 2.14 bits per heavy atom. The molecule has 3 N–H and O–H groups in total. The van der Waals surface area contributed by atoms with Gasteiger partial charge in [-0.25, -0.2) is 0 Å². The van der Waals surface area contributed by atoms with E-state index in [1.807, 2.05) is 24.3 Å². The van der Waals surface area contributed by atoms with Crippen LogP contribution >= 0.6 is 0 Å². The molecule has 1 unspecified atom stereocenters. The number of hydrogen-bond acceptors (Lipinski definition) is 3. The lowest BCUT2D eigenvalue weighted by Crippen LogP contribution is -2.46. The van der Waals surface area contributed by atoms with E-state index < -0.39 is 0 Å². The molecular formula is C16H19N3O2. The number of amides is 1. The molecule has 0 aliphatic carbocycles. The summed E-state index contributed by atoms with van der Waals surface area (Å²) in [5, 5.41) is 7.12. The molecule has 3 rings (SSSR count). The molecule has 1 aliphatic heterocycles. The normalized spacial score (nSPS) is 18.6. The van der Waals surface area contributed by atoms with E-state index in [9.17, 15) is 9.59 Å². The van der Waals surface area contributed by atoms with Crippen molar-refractivity contribution in [2.24, 2.45) is 0 Å². The highest BCUT2D eigenvalue weighted by molar-refractivity contribution is 5.84. The number of pyridine rings is 1. The number of rotatable bonds is 3. The van der Waals surface area contributed by atoms with Crippen LogP contribution < -0.4 is 16.2 Å². The van der Waals surface area contributed by atoms with E-state index in [1.165, 1.54) is 0 Å². The summed E-state index contributed by atoms with van der Waals surface area (Å²) in [5.41, 5.74) is 1.50. The summed E-state index contributed by atoms with van der Waals surface area (Å²) in [6.45, 7) is 1.27. The summed E-state index contributed by atoms with van der Waals surface area (Å²) in [5.74, 6) is 0.0130. The maximum absolute atomic E-state index is 12.1. The minimum Gasteiger partial charge on any atom is -0.351 e. The number of aromatic nitrogens is 1. The molecule has 1 aromatic heterocycles. The molecule has 0 bridgehead atoms. The standard InChI is InChI=1S/C16H19N3O2/c20-15-9-11(12-5-1-2-6-13(12)19-15)10-18-16(21)14-7-3-4-8-17-14/h1-2,5-6,9,14,17H,3-4,7-8,10H2,(H,18,21)(H,19,20). The van der Waals surface area contributed by atoms with Gasteiger partial charge in [-0.15, -0.1) is 0 Å². The molecule has 1 aliphatic rings. The van der Waals surface area contributed by atoms with E-state index in [0.717, 1.165) is 42.3 Å². The number of nitrogens with one attached hydrogen (secondary N) is 3. The lowest BCUT2D eigenvalue weighted by Gasteiger charge is -2.22. The second-order valence-corrected chi connectivity index (χ2v) is 5.42. The number of H-pyrrole nitrogens is 1. The predicted molar refractivity (Wildman–Crippen MR) is 82.1 cm³/mol. The lowest BCUT2D eigenvalue weighted by molar-refractivity contribution is -0.123. The Morgan fingerprint density at radius 1 is 1.29 bits per heavy atom. The molecule has 5 heteroatoms. The van der Waals surface area contributed by atoms with E-state index >= 15 is 0 Å². The second-order valence-electron chi connectivity index (χ2n) is 5.42. The van der Waals surface area contributed by atoms with Crippen molar-refractivity contribution in [3.63, 3.8) is 0 Å². The molecule has 1 amide bonds. The maximum Gasteiger partial charge on any atom is 0.248 e. The van der Waals surface area contributed by atoms with Crippen molar-refractivity contribution in [1.29, 1.82) is 0 Å². The molecule has 0 spiro atoms. The molecule has 1 aromatic carbocycles. The van der Waals surface area contributed by atoms with Crippen molar-refractivity contribution in [3.8, 4) is 0 Å². The van der Waals surface area contributed by atoms with Gasteiger partial charge in [-0.3, -0.25) is 9.59 Å². The highest BCUT2D eigenvalue weighted by atomic mass is 16.2. The average Bonchev–Trinajstić information content (AvgIpc) is 2.53. The molecule has 2 heterocycles. The first-order valence-corrected chi connectivity index (χ1v) is 7.36. The Hall–Kier alpha value is -2.14. The van der Waals surface area contributed by atoms with Crippen molar-refractivity contribution in [3.05, 3.63) is 46.2 Å². The first-order chi connectivity index (χ1) is 10.2. The van der Waals surface area contributed by atoms with Gasteiger partial charge in [0.2, 0.25) is 11.5 Å². The van der Waals surface area contributed by atoms with Gasteiger partial charge in [0.15, 0.2) is 0 Å². The van der Waals surface area contributed by atoms with Gasteiger partial charge >= 0.3 is 0 Å². The smallest absolute Gasteiger partial charge is 0.248 e. The number of para-hydroxylation sites is 1. The Balaban J connectivity index is 1.75. The molecular weight excluding hydrogens is 266 g/mol. The third-order valence-corrected chi connectivity index (χ3v) is 3.92. The van der Waals surface area contributed by atoms with Crippen molar-refractivity contribution < 1.29 is 4.79 Å². The molecule has 1 atom stereocenters. The Kier molecular flexibility index (Phi) is 4.01. The van der Waals surface area contributed by atoms with Crippen LogP contribution in [0.15, 0.2) is 35.1 Å². The van der Waals surface area contributed by atoms with E-state index in [2.05, 4.69) is 15.6 Å². The van der Waals surface area contributed by atoms with Gasteiger partial charge < -0.3 is 15.6 Å². The van der Waals surface area contributed by atoms with E-state index in [4.69, 9.17) is 0 Å². The van der Waals surface area contributed by atoms with Gasteiger partial charge in [-0.1, -0.05) is 24.6 Å². The molecule has 5 nitrogen and oxygen atoms in total. The topological polar surface area (TPSA) is 74.0 Å². The molecule has 2 aromatic rings. The van der Waals surface area contributed by atoms with Crippen LogP contribution in [0.2, 0.25) is 0 Å². The fourth-order valence-corrected chi connectivity index (χ4v) is 2.80. The number of carbonyl (C=O) groups excluding carboxylic acids is 1. The van der Waals surface area contributed by atoms with E-state index in [0.29, 0.717) is 6.54 Å². The van der Waals surface area contributed by atoms with Crippen LogP contribution in [-0.4, -0.2) is 23.5 Å². The zero-order valence-corrected chi connectivity index (χ0v) is 11.8. The zero-order chi connectivity index (χ0) is 14.7. The van der Waals surface area contributed by atoms with Gasteiger partial charge in [-0.05, 0) is 31.0 Å². The average molecular weight is 285 g/mol. The minimum atomic E-state index is -0.145. The van der Waals surface area contributed by atoms with E-state index in [1.54, 1.807) is 6.07 Å². The Bertz CT molecular complexity index is 702. The highest BCUT2D eigenvalue weighted by Crippen LogP contribution is 2.14. The van der Waals surface area contributed by atoms with Crippen LogP contribution in [0, 0.1) is 0 Å². The van der Waals surface area contributed by atoms with Crippen LogP contribution in [0.3, 0.4) is 0 Å². The summed E-state index contributed by atoms with van der Waals surface area (Å²) in [4.78, 5) is 26.6. The van der Waals surface area contributed by atoms with Crippen molar-refractivity contribution in [2.75, 3.05) is 6.54 Å². The fourth-order valence-electron chi connectivity index (χ4n) is 2.80. The number of aromatic amines is 1. The lowest BCUT2D eigenvalue weighted by atomic mass is 10.0. The predicted octanol–water partition coefficient (Wildman–Crippen LogP) is 1.29. The van der Waals surface area contributed by atoms with Crippen molar-refractivity contribution in [1.82, 2.24) is 15.6 Å². The Labute approximate surface area is 122 Å². The minimum absolute atomic E-state index is 0.0130. The number of carbonyl (C=O) groups is 1. The first-order valence-electron chi connectivity index (χ1n) is 7.36. The summed E-state index contributed by atoms with van der Waals surface area (Å²) >= 11 is 0. The zero-order valence-electron chi connectivity index (χ0n) is 11.8. The summed E-state index contributed by atoms with van der Waals surface area (Å²) in [7, 11) is 0. The fraction of sp³-hybridized carbons (Fsp3) is 0.375. The van der Waals surface area contributed by atoms with Crippen LogP contribution in [0.1, 0.15) is 24.8 Å². The van der Waals surface area contributed by atoms with Crippen LogP contribution in [0.5, 0.6) is 0 Å². The van der Waals surface area contributed by atoms with Crippen LogP contribution in [0.25, 0.3) is 10.9 Å². The summed E-state index contributed by atoms with van der Waals surface area (Å²) in [6, 6.07) is 9.07. The van der Waals surface area contributed by atoms with Crippen LogP contribution in [-0.2, 0) is 11.3 Å². The first kappa shape index (κ1) is 13.8. The monoisotopic (exact) mass is 285 g/mol. The summed E-state index contributed by atoms with van der Waals surface area (Å²) < 4.78 is 0. The van der Waals surface area contributed by atoms with Crippen molar-refractivity contribution >= 4 is 16.8 Å². The largest absolute Gasteiger partial charge is 0.351 e. The van der Waals surface area contributed by atoms with Crippen molar-refractivity contribution in [2.45, 2.75) is 31.8 Å². The highest BCUT2D eigenvalue weighted by Gasteiger charge is 2.20. The van der Waals surface area contributed by atoms with Gasteiger partial charge in [0.25, 0.3) is 0 Å².